The van der Waals surface area contributed by atoms with Gasteiger partial charge in [0.1, 0.15) is 11.3 Å². The second-order valence-corrected chi connectivity index (χ2v) is 4.72. The second-order valence-electron chi connectivity index (χ2n) is 3.74. The first-order valence-corrected chi connectivity index (χ1v) is 6.37. The third-order valence-electron chi connectivity index (χ3n) is 2.45. The van der Waals surface area contributed by atoms with Crippen LogP contribution >= 0.6 is 11.3 Å². The molecule has 0 atom stereocenters. The van der Waals surface area contributed by atoms with E-state index in [-0.39, 0.29) is 5.91 Å². The standard InChI is InChI=1S/C13H9N3O2S/c17-11(10-6-7-18-8-10)14-13-16-15-12(19-13)9-4-2-1-3-5-9/h1-8H,(H,14,16,17). The van der Waals surface area contributed by atoms with Gasteiger partial charge in [0.05, 0.1) is 11.8 Å². The van der Waals surface area contributed by atoms with Gasteiger partial charge in [-0.15, -0.1) is 10.2 Å². The molecule has 0 fully saturated rings. The Hall–Kier alpha value is -2.47. The quantitative estimate of drug-likeness (QED) is 0.795. The molecule has 0 aliphatic rings. The van der Waals surface area contributed by atoms with Crippen molar-refractivity contribution >= 4 is 22.4 Å². The van der Waals surface area contributed by atoms with E-state index in [0.717, 1.165) is 10.6 Å². The van der Waals surface area contributed by atoms with Crippen molar-refractivity contribution in [2.75, 3.05) is 5.32 Å². The number of anilines is 1. The van der Waals surface area contributed by atoms with E-state index in [1.807, 2.05) is 30.3 Å². The summed E-state index contributed by atoms with van der Waals surface area (Å²) < 4.78 is 4.85. The fourth-order valence-corrected chi connectivity index (χ4v) is 2.28. The number of carbonyl (C=O) groups excluding carboxylic acids is 1. The SMILES string of the molecule is O=C(Nc1nnc(-c2ccccc2)s1)c1ccoc1. The predicted molar refractivity (Wildman–Crippen MR) is 72.0 cm³/mol. The Morgan fingerprint density at radius 2 is 2.00 bits per heavy atom. The smallest absolute Gasteiger partial charge is 0.260 e. The zero-order valence-corrected chi connectivity index (χ0v) is 10.6. The number of hydrogen-bond donors (Lipinski definition) is 1. The number of aromatic nitrogens is 2. The van der Waals surface area contributed by atoms with Crippen molar-refractivity contribution in [2.24, 2.45) is 0 Å². The summed E-state index contributed by atoms with van der Waals surface area (Å²) in [5.74, 6) is -0.260. The van der Waals surface area contributed by atoms with Gasteiger partial charge in [-0.05, 0) is 6.07 Å². The molecule has 0 saturated carbocycles. The average Bonchev–Trinajstić information content (AvgIpc) is 3.11. The minimum Gasteiger partial charge on any atom is -0.472 e. The van der Waals surface area contributed by atoms with Crippen LogP contribution in [0.5, 0.6) is 0 Å². The predicted octanol–water partition coefficient (Wildman–Crippen LogP) is 3.05. The van der Waals surface area contributed by atoms with Crippen molar-refractivity contribution < 1.29 is 9.21 Å². The molecule has 94 valence electrons. The van der Waals surface area contributed by atoms with Crippen LogP contribution in [0.1, 0.15) is 10.4 Å². The van der Waals surface area contributed by atoms with E-state index in [9.17, 15) is 4.79 Å². The van der Waals surface area contributed by atoms with Crippen LogP contribution in [-0.2, 0) is 0 Å². The van der Waals surface area contributed by atoms with Crippen LogP contribution in [0.2, 0.25) is 0 Å². The lowest BCUT2D eigenvalue weighted by Crippen LogP contribution is -2.10. The third-order valence-corrected chi connectivity index (χ3v) is 3.34. The Morgan fingerprint density at radius 1 is 1.16 bits per heavy atom. The molecule has 1 aromatic carbocycles. The maximum Gasteiger partial charge on any atom is 0.260 e. The molecule has 0 bridgehead atoms. The summed E-state index contributed by atoms with van der Waals surface area (Å²) in [6.07, 6.45) is 2.83. The van der Waals surface area contributed by atoms with Gasteiger partial charge < -0.3 is 4.42 Å². The summed E-state index contributed by atoms with van der Waals surface area (Å²) in [4.78, 5) is 11.8. The Morgan fingerprint density at radius 3 is 2.74 bits per heavy atom. The fourth-order valence-electron chi connectivity index (χ4n) is 1.53. The first-order valence-electron chi connectivity index (χ1n) is 5.55. The molecule has 0 saturated heterocycles. The van der Waals surface area contributed by atoms with Gasteiger partial charge in [-0.25, -0.2) is 0 Å². The van der Waals surface area contributed by atoms with Gasteiger partial charge in [0.15, 0.2) is 0 Å². The lowest BCUT2D eigenvalue weighted by molar-refractivity contribution is 0.102. The molecule has 1 N–H and O–H groups in total. The summed E-state index contributed by atoms with van der Waals surface area (Å²) in [7, 11) is 0. The molecule has 19 heavy (non-hydrogen) atoms. The molecule has 6 heteroatoms. The van der Waals surface area contributed by atoms with Crippen LogP contribution in [0.3, 0.4) is 0 Å². The molecule has 1 amide bonds. The Kier molecular flexibility index (Phi) is 3.07. The summed E-state index contributed by atoms with van der Waals surface area (Å²) >= 11 is 1.33. The molecule has 0 aliphatic heterocycles. The minimum atomic E-state index is -0.260. The van der Waals surface area contributed by atoms with E-state index in [1.54, 1.807) is 6.07 Å². The highest BCUT2D eigenvalue weighted by atomic mass is 32.1. The first kappa shape index (κ1) is 11.6. The van der Waals surface area contributed by atoms with E-state index in [1.165, 1.54) is 23.9 Å². The molecule has 2 heterocycles. The van der Waals surface area contributed by atoms with Crippen LogP contribution in [0.15, 0.2) is 53.3 Å². The molecule has 0 radical (unpaired) electrons. The molecule has 0 aliphatic carbocycles. The number of nitrogens with zero attached hydrogens (tertiary/aromatic N) is 2. The summed E-state index contributed by atoms with van der Waals surface area (Å²) in [6.45, 7) is 0. The van der Waals surface area contributed by atoms with Crippen LogP contribution in [0.25, 0.3) is 10.6 Å². The van der Waals surface area contributed by atoms with Crippen LogP contribution in [-0.4, -0.2) is 16.1 Å². The maximum absolute atomic E-state index is 11.8. The van der Waals surface area contributed by atoms with E-state index >= 15 is 0 Å². The third kappa shape index (κ3) is 2.53. The van der Waals surface area contributed by atoms with Gasteiger partial charge in [-0.2, -0.15) is 0 Å². The maximum atomic E-state index is 11.8. The Bertz CT molecular complexity index is 677. The number of rotatable bonds is 3. The summed E-state index contributed by atoms with van der Waals surface area (Å²) in [5, 5.41) is 11.9. The number of amides is 1. The van der Waals surface area contributed by atoms with Gasteiger partial charge in [-0.1, -0.05) is 41.7 Å². The van der Waals surface area contributed by atoms with Crippen LogP contribution < -0.4 is 5.32 Å². The molecule has 0 spiro atoms. The zero-order chi connectivity index (χ0) is 13.1. The highest BCUT2D eigenvalue weighted by Crippen LogP contribution is 2.26. The van der Waals surface area contributed by atoms with E-state index < -0.39 is 0 Å². The zero-order valence-electron chi connectivity index (χ0n) is 9.74. The lowest BCUT2D eigenvalue weighted by atomic mass is 10.2. The second kappa shape index (κ2) is 5.03. The number of nitrogens with one attached hydrogen (secondary N) is 1. The minimum absolute atomic E-state index is 0.260. The molecule has 0 unspecified atom stereocenters. The van der Waals surface area contributed by atoms with Crippen molar-refractivity contribution in [3.05, 3.63) is 54.5 Å². The van der Waals surface area contributed by atoms with E-state index in [0.29, 0.717) is 10.7 Å². The molecule has 5 nitrogen and oxygen atoms in total. The summed E-state index contributed by atoms with van der Waals surface area (Å²) in [5.41, 5.74) is 1.43. The van der Waals surface area contributed by atoms with E-state index in [2.05, 4.69) is 15.5 Å². The number of carbonyl (C=O) groups is 1. The topological polar surface area (TPSA) is 68.0 Å². The molecule has 3 rings (SSSR count). The van der Waals surface area contributed by atoms with Crippen molar-refractivity contribution in [3.63, 3.8) is 0 Å². The summed E-state index contributed by atoms with van der Waals surface area (Å²) in [6, 6.07) is 11.3. The lowest BCUT2D eigenvalue weighted by Gasteiger charge is -1.96. The highest BCUT2D eigenvalue weighted by Gasteiger charge is 2.11. The molecular weight excluding hydrogens is 262 g/mol. The van der Waals surface area contributed by atoms with Gasteiger partial charge in [0.2, 0.25) is 5.13 Å². The van der Waals surface area contributed by atoms with Gasteiger partial charge in [-0.3, -0.25) is 10.1 Å². The first-order chi connectivity index (χ1) is 9.33. The van der Waals surface area contributed by atoms with Crippen molar-refractivity contribution in [2.45, 2.75) is 0 Å². The Balaban J connectivity index is 1.77. The fraction of sp³-hybridized carbons (Fsp3) is 0. The molecule has 3 aromatic rings. The van der Waals surface area contributed by atoms with Gasteiger partial charge >= 0.3 is 0 Å². The van der Waals surface area contributed by atoms with E-state index in [4.69, 9.17) is 4.42 Å². The van der Waals surface area contributed by atoms with Crippen molar-refractivity contribution in [1.82, 2.24) is 10.2 Å². The normalized spacial score (nSPS) is 10.3. The van der Waals surface area contributed by atoms with Crippen molar-refractivity contribution in [3.8, 4) is 10.6 Å². The van der Waals surface area contributed by atoms with Crippen LogP contribution in [0, 0.1) is 0 Å². The highest BCUT2D eigenvalue weighted by molar-refractivity contribution is 7.18. The molecule has 2 aromatic heterocycles. The monoisotopic (exact) mass is 271 g/mol. The average molecular weight is 271 g/mol. The van der Waals surface area contributed by atoms with Crippen molar-refractivity contribution in [1.29, 1.82) is 0 Å². The molecular formula is C13H9N3O2S. The van der Waals surface area contributed by atoms with Gasteiger partial charge in [0, 0.05) is 5.56 Å². The van der Waals surface area contributed by atoms with Gasteiger partial charge in [0.25, 0.3) is 5.91 Å². The van der Waals surface area contributed by atoms with Crippen LogP contribution in [0.4, 0.5) is 5.13 Å². The number of hydrogen-bond acceptors (Lipinski definition) is 5. The number of benzene rings is 1. The largest absolute Gasteiger partial charge is 0.472 e. The number of furan rings is 1. The Labute approximate surface area is 112 Å².